The fraction of sp³-hybridized carbons (Fsp3) is 0.636. The summed E-state index contributed by atoms with van der Waals surface area (Å²) in [7, 11) is -4.03. The molecular formula is C33H51O4P. The van der Waals surface area contributed by atoms with Crippen LogP contribution in [0, 0.1) is 0 Å². The molecule has 1 aliphatic heterocycles. The summed E-state index contributed by atoms with van der Waals surface area (Å²) in [5.41, 5.74) is 5.94. The van der Waals surface area contributed by atoms with E-state index in [1.165, 1.54) is 11.1 Å². The van der Waals surface area contributed by atoms with Gasteiger partial charge in [-0.3, -0.25) is 4.52 Å². The molecule has 4 nitrogen and oxygen atoms in total. The quantitative estimate of drug-likeness (QED) is 0.362. The normalized spacial score (nSPS) is 16.9. The Morgan fingerprint density at radius 2 is 1.08 bits per heavy atom. The highest BCUT2D eigenvalue weighted by molar-refractivity contribution is 7.49. The number of phosphoric ester groups is 1. The molecule has 1 atom stereocenters. The maximum Gasteiger partial charge on any atom is 0.587 e. The van der Waals surface area contributed by atoms with Crippen molar-refractivity contribution in [3.8, 4) is 11.5 Å². The highest BCUT2D eigenvalue weighted by Crippen LogP contribution is 2.58. The molecule has 0 spiro atoms. The minimum Gasteiger partial charge on any atom is -0.394 e. The Balaban J connectivity index is 2.47. The fourth-order valence-corrected chi connectivity index (χ4v) is 6.21. The van der Waals surface area contributed by atoms with Gasteiger partial charge in [0.15, 0.2) is 0 Å². The van der Waals surface area contributed by atoms with Crippen LogP contribution in [0.1, 0.15) is 137 Å². The van der Waals surface area contributed by atoms with Gasteiger partial charge in [0, 0.05) is 17.5 Å². The Labute approximate surface area is 232 Å². The maximum atomic E-state index is 14.6. The number of phosphoric acid groups is 1. The number of rotatable bonds is 3. The SMILES string of the molecule is CCC(C)OP1(=O)Oc2c(cc(C(C)(C)C)cc2C(C)(C)C)Cc2cc(C(C)(C)C)cc(C(C)(C)C)c2O1. The molecule has 1 aliphatic rings. The lowest BCUT2D eigenvalue weighted by Gasteiger charge is -2.35. The molecule has 38 heavy (non-hydrogen) atoms. The predicted octanol–water partition coefficient (Wildman–Crippen LogP) is 10.2. The summed E-state index contributed by atoms with van der Waals surface area (Å²) in [5.74, 6) is 1.25. The van der Waals surface area contributed by atoms with E-state index in [-0.39, 0.29) is 27.8 Å². The molecule has 0 aromatic heterocycles. The Bertz CT molecular complexity index is 1140. The van der Waals surface area contributed by atoms with E-state index in [4.69, 9.17) is 13.6 Å². The summed E-state index contributed by atoms with van der Waals surface area (Å²) in [5, 5.41) is 0. The average Bonchev–Trinajstić information content (AvgIpc) is 2.71. The Kier molecular flexibility index (Phi) is 8.10. The largest absolute Gasteiger partial charge is 0.587 e. The van der Waals surface area contributed by atoms with Gasteiger partial charge in [0.25, 0.3) is 0 Å². The van der Waals surface area contributed by atoms with Crippen molar-refractivity contribution in [1.29, 1.82) is 0 Å². The van der Waals surface area contributed by atoms with Gasteiger partial charge in [0.1, 0.15) is 11.5 Å². The van der Waals surface area contributed by atoms with Crippen molar-refractivity contribution < 1.29 is 18.1 Å². The summed E-state index contributed by atoms with van der Waals surface area (Å²) in [6.07, 6.45) is 1.03. The van der Waals surface area contributed by atoms with Crippen LogP contribution in [0.2, 0.25) is 0 Å². The van der Waals surface area contributed by atoms with Gasteiger partial charge >= 0.3 is 7.82 Å². The number of fused-ring (bicyclic) bond motifs is 2. The minimum absolute atomic E-state index is 0.0581. The van der Waals surface area contributed by atoms with Gasteiger partial charge in [-0.05, 0) is 57.3 Å². The van der Waals surface area contributed by atoms with Gasteiger partial charge in [-0.25, -0.2) is 4.57 Å². The molecule has 0 fully saturated rings. The summed E-state index contributed by atoms with van der Waals surface area (Å²) < 4.78 is 33.6. The highest BCUT2D eigenvalue weighted by Gasteiger charge is 2.41. The van der Waals surface area contributed by atoms with Crippen molar-refractivity contribution in [2.75, 3.05) is 0 Å². The number of benzene rings is 2. The molecule has 1 unspecified atom stereocenters. The molecule has 0 radical (unpaired) electrons. The van der Waals surface area contributed by atoms with E-state index < -0.39 is 7.82 Å². The lowest BCUT2D eigenvalue weighted by Crippen LogP contribution is -2.24. The Hall–Kier alpha value is -1.77. The molecule has 5 heteroatoms. The summed E-state index contributed by atoms with van der Waals surface area (Å²) >= 11 is 0. The van der Waals surface area contributed by atoms with Crippen molar-refractivity contribution in [2.24, 2.45) is 0 Å². The summed E-state index contributed by atoms with van der Waals surface area (Å²) in [6, 6.07) is 8.88. The fourth-order valence-electron chi connectivity index (χ4n) is 4.62. The first-order valence-electron chi connectivity index (χ1n) is 14.1. The zero-order valence-corrected chi connectivity index (χ0v) is 27.3. The number of hydrogen-bond donors (Lipinski definition) is 0. The van der Waals surface area contributed by atoms with Crippen molar-refractivity contribution in [3.63, 3.8) is 0 Å². The Morgan fingerprint density at radius 3 is 1.37 bits per heavy atom. The monoisotopic (exact) mass is 542 g/mol. The van der Waals surface area contributed by atoms with Gasteiger partial charge in [-0.1, -0.05) is 114 Å². The molecule has 2 aromatic carbocycles. The van der Waals surface area contributed by atoms with E-state index in [9.17, 15) is 4.57 Å². The third-order valence-electron chi connectivity index (χ3n) is 7.35. The second-order valence-electron chi connectivity index (χ2n) is 15.2. The highest BCUT2D eigenvalue weighted by atomic mass is 31.2. The molecule has 2 aromatic rings. The van der Waals surface area contributed by atoms with E-state index in [1.54, 1.807) is 0 Å². The van der Waals surface area contributed by atoms with Crippen LogP contribution in [0.3, 0.4) is 0 Å². The first kappa shape index (κ1) is 30.8. The second-order valence-corrected chi connectivity index (χ2v) is 16.6. The van der Waals surface area contributed by atoms with E-state index in [0.29, 0.717) is 24.3 Å². The molecule has 0 saturated heterocycles. The van der Waals surface area contributed by atoms with Crippen molar-refractivity contribution in [2.45, 2.75) is 138 Å². The smallest absolute Gasteiger partial charge is 0.394 e. The molecule has 0 aliphatic carbocycles. The van der Waals surface area contributed by atoms with E-state index in [2.05, 4.69) is 107 Å². The van der Waals surface area contributed by atoms with Crippen molar-refractivity contribution >= 4 is 7.82 Å². The molecule has 3 rings (SSSR count). The predicted molar refractivity (Wildman–Crippen MR) is 160 cm³/mol. The van der Waals surface area contributed by atoms with Crippen LogP contribution in [0.25, 0.3) is 0 Å². The molecule has 1 heterocycles. The van der Waals surface area contributed by atoms with Gasteiger partial charge in [-0.15, -0.1) is 0 Å². The molecule has 0 amide bonds. The van der Waals surface area contributed by atoms with Crippen molar-refractivity contribution in [3.05, 3.63) is 57.6 Å². The van der Waals surface area contributed by atoms with Crippen molar-refractivity contribution in [1.82, 2.24) is 0 Å². The average molecular weight is 543 g/mol. The standard InChI is InChI=1S/C33H51O4P/c1-15-21(2)35-38(34)36-28-22(17-24(30(3,4)5)19-26(28)32(9,10)11)16-23-18-25(31(6,7)8)20-27(29(23)37-38)33(12,13)14/h17-21H,15-16H2,1-14H3. The second kappa shape index (κ2) is 10.0. The molecule has 0 saturated carbocycles. The van der Waals surface area contributed by atoms with Gasteiger partial charge in [0.2, 0.25) is 0 Å². The number of hydrogen-bond acceptors (Lipinski definition) is 4. The van der Waals surface area contributed by atoms with Gasteiger partial charge in [-0.2, -0.15) is 0 Å². The third kappa shape index (κ3) is 6.68. The maximum absolute atomic E-state index is 14.6. The van der Waals surface area contributed by atoms with Crippen LogP contribution in [0.4, 0.5) is 0 Å². The Morgan fingerprint density at radius 1 is 0.711 bits per heavy atom. The lowest BCUT2D eigenvalue weighted by atomic mass is 9.76. The van der Waals surface area contributed by atoms with Crippen LogP contribution in [-0.2, 0) is 37.2 Å². The zero-order valence-electron chi connectivity index (χ0n) is 26.4. The van der Waals surface area contributed by atoms with E-state index in [1.807, 2.05) is 13.8 Å². The van der Waals surface area contributed by atoms with Crippen LogP contribution in [0.5, 0.6) is 11.5 Å². The molecule has 0 bridgehead atoms. The third-order valence-corrected chi connectivity index (χ3v) is 8.78. The van der Waals surface area contributed by atoms with Gasteiger partial charge in [0.05, 0.1) is 6.10 Å². The van der Waals surface area contributed by atoms with E-state index >= 15 is 0 Å². The molecule has 212 valence electrons. The minimum atomic E-state index is -4.03. The topological polar surface area (TPSA) is 44.8 Å². The summed E-state index contributed by atoms with van der Waals surface area (Å²) in [6.45, 7) is 30.3. The zero-order chi connectivity index (χ0) is 29.1. The first-order valence-corrected chi connectivity index (χ1v) is 15.5. The van der Waals surface area contributed by atoms with Crippen LogP contribution >= 0.6 is 7.82 Å². The molecule has 0 N–H and O–H groups in total. The van der Waals surface area contributed by atoms with Crippen LogP contribution in [0.15, 0.2) is 24.3 Å². The lowest BCUT2D eigenvalue weighted by molar-refractivity contribution is 0.149. The van der Waals surface area contributed by atoms with Crippen LogP contribution in [-0.4, -0.2) is 6.10 Å². The van der Waals surface area contributed by atoms with E-state index in [0.717, 1.165) is 22.3 Å². The van der Waals surface area contributed by atoms with Gasteiger partial charge < -0.3 is 9.05 Å². The summed E-state index contributed by atoms with van der Waals surface area (Å²) in [4.78, 5) is 0. The first-order chi connectivity index (χ1) is 17.0. The van der Waals surface area contributed by atoms with Crippen LogP contribution < -0.4 is 9.05 Å². The molecular weight excluding hydrogens is 491 g/mol.